The summed E-state index contributed by atoms with van der Waals surface area (Å²) in [4.78, 5) is 2.53. The van der Waals surface area contributed by atoms with E-state index in [1.54, 1.807) is 0 Å². The van der Waals surface area contributed by atoms with Gasteiger partial charge in [-0.25, -0.2) is 0 Å². The van der Waals surface area contributed by atoms with Gasteiger partial charge in [0.25, 0.3) is 0 Å². The third kappa shape index (κ3) is 2.91. The van der Waals surface area contributed by atoms with E-state index in [0.29, 0.717) is 11.3 Å². The molecule has 0 aliphatic carbocycles. The summed E-state index contributed by atoms with van der Waals surface area (Å²) in [6.07, 6.45) is 2.17. The Kier molecular flexibility index (Phi) is 3.70. The molecule has 3 heterocycles. The number of hydrogen-bond donors (Lipinski definition) is 1. The van der Waals surface area contributed by atoms with E-state index in [9.17, 15) is 0 Å². The average Bonchev–Trinajstić information content (AvgIpc) is 3.15. The van der Waals surface area contributed by atoms with Crippen LogP contribution in [0.5, 0.6) is 0 Å². The van der Waals surface area contributed by atoms with Gasteiger partial charge in [-0.1, -0.05) is 31.2 Å². The molecule has 5 heteroatoms. The molecule has 0 spiro atoms. The molecule has 4 rings (SSSR count). The average molecular weight is 312 g/mol. The quantitative estimate of drug-likeness (QED) is 0.943. The third-order valence-electron chi connectivity index (χ3n) is 5.21. The lowest BCUT2D eigenvalue weighted by Gasteiger charge is -2.39. The van der Waals surface area contributed by atoms with Crippen molar-refractivity contribution in [3.63, 3.8) is 0 Å². The molecule has 2 aliphatic heterocycles. The summed E-state index contributed by atoms with van der Waals surface area (Å²) < 4.78 is 5.79. The fourth-order valence-corrected chi connectivity index (χ4v) is 3.93. The second-order valence-electron chi connectivity index (χ2n) is 7.29. The van der Waals surface area contributed by atoms with Crippen molar-refractivity contribution in [2.45, 2.75) is 39.3 Å². The number of benzene rings is 1. The van der Waals surface area contributed by atoms with Gasteiger partial charge in [0.1, 0.15) is 0 Å². The van der Waals surface area contributed by atoms with Crippen LogP contribution in [-0.2, 0) is 13.0 Å². The Morgan fingerprint density at radius 2 is 2.13 bits per heavy atom. The van der Waals surface area contributed by atoms with Crippen LogP contribution in [0.15, 0.2) is 28.7 Å². The number of aromatic nitrogens is 2. The van der Waals surface area contributed by atoms with Gasteiger partial charge in [-0.2, -0.15) is 0 Å². The summed E-state index contributed by atoms with van der Waals surface area (Å²) in [5.41, 5.74) is 3.15. The standard InChI is InChI=1S/C18H24N4O/c1-13-20-21-17(23-13)16-9-14-5-3-4-6-15(14)10-22(16)12-18(2)7-8-19-11-18/h3-6,16,19H,7-12H2,1-2H3. The van der Waals surface area contributed by atoms with E-state index < -0.39 is 0 Å². The Bertz CT molecular complexity index is 690. The molecule has 0 saturated carbocycles. The van der Waals surface area contributed by atoms with Gasteiger partial charge >= 0.3 is 0 Å². The zero-order valence-electron chi connectivity index (χ0n) is 13.9. The van der Waals surface area contributed by atoms with Crippen LogP contribution < -0.4 is 5.32 Å². The molecule has 0 bridgehead atoms. The topological polar surface area (TPSA) is 54.2 Å². The molecular formula is C18H24N4O. The van der Waals surface area contributed by atoms with Gasteiger partial charge in [-0.05, 0) is 35.9 Å². The highest BCUT2D eigenvalue weighted by atomic mass is 16.4. The van der Waals surface area contributed by atoms with Crippen molar-refractivity contribution in [3.05, 3.63) is 47.2 Å². The molecule has 1 aromatic heterocycles. The van der Waals surface area contributed by atoms with E-state index in [-0.39, 0.29) is 6.04 Å². The highest BCUT2D eigenvalue weighted by Gasteiger charge is 2.37. The molecule has 1 saturated heterocycles. The molecule has 1 aromatic carbocycles. The van der Waals surface area contributed by atoms with Crippen molar-refractivity contribution in [1.29, 1.82) is 0 Å². The second kappa shape index (κ2) is 5.73. The first-order valence-electron chi connectivity index (χ1n) is 8.45. The van der Waals surface area contributed by atoms with Gasteiger partial charge in [0.15, 0.2) is 0 Å². The number of hydrogen-bond acceptors (Lipinski definition) is 5. The molecule has 2 aliphatic rings. The maximum Gasteiger partial charge on any atom is 0.233 e. The summed E-state index contributed by atoms with van der Waals surface area (Å²) in [5, 5.41) is 11.9. The Hall–Kier alpha value is -1.72. The van der Waals surface area contributed by atoms with Crippen LogP contribution in [0.1, 0.15) is 42.3 Å². The van der Waals surface area contributed by atoms with Gasteiger partial charge in [-0.15, -0.1) is 10.2 Å². The molecule has 122 valence electrons. The summed E-state index contributed by atoms with van der Waals surface area (Å²) >= 11 is 0. The van der Waals surface area contributed by atoms with Crippen LogP contribution in [0.4, 0.5) is 0 Å². The van der Waals surface area contributed by atoms with Crippen LogP contribution in [0.2, 0.25) is 0 Å². The zero-order valence-corrected chi connectivity index (χ0v) is 13.9. The van der Waals surface area contributed by atoms with E-state index in [0.717, 1.165) is 38.5 Å². The molecule has 2 unspecified atom stereocenters. The zero-order chi connectivity index (χ0) is 15.9. The maximum atomic E-state index is 5.79. The first kappa shape index (κ1) is 14.8. The first-order chi connectivity index (χ1) is 11.1. The molecule has 0 radical (unpaired) electrons. The summed E-state index contributed by atoms with van der Waals surface area (Å²) in [6.45, 7) is 8.45. The normalized spacial score (nSPS) is 28.0. The van der Waals surface area contributed by atoms with Crippen LogP contribution in [0.3, 0.4) is 0 Å². The van der Waals surface area contributed by atoms with Gasteiger partial charge in [-0.3, -0.25) is 4.90 Å². The van der Waals surface area contributed by atoms with Crippen LogP contribution >= 0.6 is 0 Å². The Balaban J connectivity index is 1.65. The minimum atomic E-state index is 0.184. The maximum absolute atomic E-state index is 5.79. The second-order valence-corrected chi connectivity index (χ2v) is 7.29. The number of rotatable bonds is 3. The fourth-order valence-electron chi connectivity index (χ4n) is 3.93. The minimum Gasteiger partial charge on any atom is -0.424 e. The summed E-state index contributed by atoms with van der Waals surface area (Å²) in [7, 11) is 0. The minimum absolute atomic E-state index is 0.184. The summed E-state index contributed by atoms with van der Waals surface area (Å²) in [5.74, 6) is 1.40. The monoisotopic (exact) mass is 312 g/mol. The van der Waals surface area contributed by atoms with Crippen molar-refractivity contribution in [3.8, 4) is 0 Å². The number of nitrogens with one attached hydrogen (secondary N) is 1. The lowest BCUT2D eigenvalue weighted by Crippen LogP contribution is -2.42. The summed E-state index contributed by atoms with van der Waals surface area (Å²) in [6, 6.07) is 8.90. The molecule has 1 N–H and O–H groups in total. The van der Waals surface area contributed by atoms with E-state index in [1.807, 2.05) is 6.92 Å². The van der Waals surface area contributed by atoms with Crippen molar-refractivity contribution >= 4 is 0 Å². The van der Waals surface area contributed by atoms with Crippen LogP contribution in [-0.4, -0.2) is 34.7 Å². The first-order valence-corrected chi connectivity index (χ1v) is 8.45. The molecular weight excluding hydrogens is 288 g/mol. The molecule has 2 atom stereocenters. The highest BCUT2D eigenvalue weighted by Crippen LogP contribution is 2.36. The Labute approximate surface area is 137 Å². The highest BCUT2D eigenvalue weighted by molar-refractivity contribution is 5.31. The molecule has 2 aromatic rings. The third-order valence-corrected chi connectivity index (χ3v) is 5.21. The number of nitrogens with zero attached hydrogens (tertiary/aromatic N) is 3. The Morgan fingerprint density at radius 1 is 1.30 bits per heavy atom. The van der Waals surface area contributed by atoms with E-state index in [2.05, 4.69) is 51.6 Å². The molecule has 0 amide bonds. The SMILES string of the molecule is Cc1nnc(C2Cc3ccccc3CN2CC2(C)CCNC2)o1. The van der Waals surface area contributed by atoms with E-state index >= 15 is 0 Å². The molecule has 5 nitrogen and oxygen atoms in total. The molecule has 1 fully saturated rings. The predicted octanol–water partition coefficient (Wildman–Crippen LogP) is 2.48. The van der Waals surface area contributed by atoms with E-state index in [1.165, 1.54) is 17.5 Å². The molecule has 23 heavy (non-hydrogen) atoms. The fraction of sp³-hybridized carbons (Fsp3) is 0.556. The predicted molar refractivity (Wildman–Crippen MR) is 87.9 cm³/mol. The van der Waals surface area contributed by atoms with Crippen LogP contribution in [0, 0.1) is 12.3 Å². The van der Waals surface area contributed by atoms with Crippen molar-refractivity contribution in [2.24, 2.45) is 5.41 Å². The largest absolute Gasteiger partial charge is 0.424 e. The van der Waals surface area contributed by atoms with E-state index in [4.69, 9.17) is 4.42 Å². The van der Waals surface area contributed by atoms with Gasteiger partial charge in [0.05, 0.1) is 6.04 Å². The van der Waals surface area contributed by atoms with Crippen molar-refractivity contribution in [2.75, 3.05) is 19.6 Å². The van der Waals surface area contributed by atoms with Crippen molar-refractivity contribution in [1.82, 2.24) is 20.4 Å². The van der Waals surface area contributed by atoms with Gasteiger partial charge < -0.3 is 9.73 Å². The van der Waals surface area contributed by atoms with Gasteiger partial charge in [0.2, 0.25) is 11.8 Å². The lowest BCUT2D eigenvalue weighted by molar-refractivity contribution is 0.0933. The Morgan fingerprint density at radius 3 is 2.83 bits per heavy atom. The van der Waals surface area contributed by atoms with Crippen LogP contribution in [0.25, 0.3) is 0 Å². The number of fused-ring (bicyclic) bond motifs is 1. The smallest absolute Gasteiger partial charge is 0.233 e. The van der Waals surface area contributed by atoms with Gasteiger partial charge in [0, 0.05) is 26.6 Å². The number of aryl methyl sites for hydroxylation is 1. The van der Waals surface area contributed by atoms with Crippen molar-refractivity contribution < 1.29 is 4.42 Å². The lowest BCUT2D eigenvalue weighted by atomic mass is 9.86.